The molecule has 1 aromatic heterocycles. The fraction of sp³-hybridized carbons (Fsp3) is 0.357. The molecule has 1 N–H and O–H groups in total. The van der Waals surface area contributed by atoms with Gasteiger partial charge < -0.3 is 10.2 Å². The second-order valence-electron chi connectivity index (χ2n) is 3.75. The number of nitrogens with one attached hydrogen (secondary N) is 1. The van der Waals surface area contributed by atoms with Crippen molar-refractivity contribution in [3.63, 3.8) is 0 Å². The van der Waals surface area contributed by atoms with Crippen LogP contribution in [-0.2, 0) is 6.54 Å². The summed E-state index contributed by atoms with van der Waals surface area (Å²) in [5.74, 6) is 0.972. The number of pyridine rings is 1. The Kier molecular flexibility index (Phi) is 6.04. The van der Waals surface area contributed by atoms with Crippen LogP contribution < -0.4 is 10.2 Å². The van der Waals surface area contributed by atoms with Crippen LogP contribution in [0.2, 0.25) is 0 Å². The summed E-state index contributed by atoms with van der Waals surface area (Å²) in [6, 6.07) is 6.09. The van der Waals surface area contributed by atoms with Crippen molar-refractivity contribution in [1.29, 1.82) is 0 Å². The Morgan fingerprint density at radius 3 is 2.59 bits per heavy atom. The van der Waals surface area contributed by atoms with Crippen molar-refractivity contribution in [2.24, 2.45) is 0 Å². The maximum absolute atomic E-state index is 4.62. The minimum absolute atomic E-state index is 0.781. The van der Waals surface area contributed by atoms with E-state index in [0.29, 0.717) is 0 Å². The molecule has 0 saturated carbocycles. The zero-order valence-corrected chi connectivity index (χ0v) is 10.5. The van der Waals surface area contributed by atoms with Crippen LogP contribution in [0.15, 0.2) is 43.5 Å². The molecular weight excluding hydrogens is 210 g/mol. The lowest BCUT2D eigenvalue weighted by Gasteiger charge is -2.20. The SMILES string of the molecule is C=CCN(CC=C)c1cccc(CNCC)n1. The lowest BCUT2D eigenvalue weighted by molar-refractivity contribution is 0.709. The van der Waals surface area contributed by atoms with Gasteiger partial charge in [0, 0.05) is 19.6 Å². The van der Waals surface area contributed by atoms with Gasteiger partial charge in [-0.1, -0.05) is 25.1 Å². The predicted molar refractivity (Wildman–Crippen MR) is 74.2 cm³/mol. The van der Waals surface area contributed by atoms with E-state index in [4.69, 9.17) is 0 Å². The fourth-order valence-corrected chi connectivity index (χ4v) is 1.57. The Hall–Kier alpha value is -1.61. The Bertz CT molecular complexity index is 350. The molecule has 0 fully saturated rings. The molecule has 3 heteroatoms. The maximum Gasteiger partial charge on any atom is 0.129 e. The van der Waals surface area contributed by atoms with Crippen molar-refractivity contribution < 1.29 is 0 Å². The Labute approximate surface area is 104 Å². The molecule has 0 amide bonds. The number of hydrogen-bond acceptors (Lipinski definition) is 3. The van der Waals surface area contributed by atoms with Gasteiger partial charge in [0.15, 0.2) is 0 Å². The van der Waals surface area contributed by atoms with E-state index in [1.165, 1.54) is 0 Å². The first-order valence-corrected chi connectivity index (χ1v) is 5.95. The van der Waals surface area contributed by atoms with Gasteiger partial charge in [0.25, 0.3) is 0 Å². The van der Waals surface area contributed by atoms with Crippen LogP contribution in [0.25, 0.3) is 0 Å². The van der Waals surface area contributed by atoms with Crippen LogP contribution in [-0.4, -0.2) is 24.6 Å². The quantitative estimate of drug-likeness (QED) is 0.696. The maximum atomic E-state index is 4.62. The first kappa shape index (κ1) is 13.5. The molecule has 0 radical (unpaired) electrons. The van der Waals surface area contributed by atoms with E-state index in [2.05, 4.69) is 35.3 Å². The lowest BCUT2D eigenvalue weighted by Crippen LogP contribution is -2.24. The largest absolute Gasteiger partial charge is 0.349 e. The zero-order valence-electron chi connectivity index (χ0n) is 10.5. The van der Waals surface area contributed by atoms with Crippen LogP contribution in [0.5, 0.6) is 0 Å². The number of nitrogens with zero attached hydrogens (tertiary/aromatic N) is 2. The van der Waals surface area contributed by atoms with Crippen LogP contribution in [0.1, 0.15) is 12.6 Å². The predicted octanol–water partition coefficient (Wildman–Crippen LogP) is 2.37. The molecule has 17 heavy (non-hydrogen) atoms. The summed E-state index contributed by atoms with van der Waals surface area (Å²) in [6.07, 6.45) is 3.75. The summed E-state index contributed by atoms with van der Waals surface area (Å²) in [4.78, 5) is 6.75. The third-order valence-corrected chi connectivity index (χ3v) is 2.37. The summed E-state index contributed by atoms with van der Waals surface area (Å²) >= 11 is 0. The molecule has 0 aliphatic rings. The molecule has 1 heterocycles. The Balaban J connectivity index is 2.79. The first-order chi connectivity index (χ1) is 8.31. The summed E-state index contributed by atoms with van der Waals surface area (Å²) in [5.41, 5.74) is 1.06. The fourth-order valence-electron chi connectivity index (χ4n) is 1.57. The summed E-state index contributed by atoms with van der Waals surface area (Å²) in [5, 5.41) is 3.27. The van der Waals surface area contributed by atoms with Gasteiger partial charge in [0.05, 0.1) is 5.69 Å². The molecular formula is C14H21N3. The molecule has 1 rings (SSSR count). The average molecular weight is 231 g/mol. The minimum atomic E-state index is 0.781. The van der Waals surface area contributed by atoms with E-state index in [-0.39, 0.29) is 0 Å². The van der Waals surface area contributed by atoms with Crippen molar-refractivity contribution >= 4 is 5.82 Å². The van der Waals surface area contributed by atoms with Crippen LogP contribution >= 0.6 is 0 Å². The van der Waals surface area contributed by atoms with Crippen LogP contribution in [0.3, 0.4) is 0 Å². The molecule has 3 nitrogen and oxygen atoms in total. The number of aromatic nitrogens is 1. The number of rotatable bonds is 8. The van der Waals surface area contributed by atoms with Gasteiger partial charge in [-0.25, -0.2) is 4.98 Å². The van der Waals surface area contributed by atoms with Crippen molar-refractivity contribution in [2.45, 2.75) is 13.5 Å². The molecule has 0 spiro atoms. The smallest absolute Gasteiger partial charge is 0.129 e. The standard InChI is InChI=1S/C14H21N3/c1-4-10-17(11-5-2)14-9-7-8-13(16-14)12-15-6-3/h4-5,7-9,15H,1-2,6,10-12H2,3H3. The van der Waals surface area contributed by atoms with Crippen molar-refractivity contribution in [2.75, 3.05) is 24.5 Å². The molecule has 0 aliphatic carbocycles. The first-order valence-electron chi connectivity index (χ1n) is 5.95. The van der Waals surface area contributed by atoms with Gasteiger partial charge in [-0.15, -0.1) is 13.2 Å². The summed E-state index contributed by atoms with van der Waals surface area (Å²) in [7, 11) is 0. The highest BCUT2D eigenvalue weighted by Crippen LogP contribution is 2.11. The number of anilines is 1. The molecule has 1 aromatic rings. The van der Waals surface area contributed by atoms with Crippen molar-refractivity contribution in [3.05, 3.63) is 49.2 Å². The molecule has 0 saturated heterocycles. The highest BCUT2D eigenvalue weighted by atomic mass is 15.2. The van der Waals surface area contributed by atoms with E-state index < -0.39 is 0 Å². The van der Waals surface area contributed by atoms with E-state index in [1.54, 1.807) is 0 Å². The van der Waals surface area contributed by atoms with Gasteiger partial charge in [-0.3, -0.25) is 0 Å². The van der Waals surface area contributed by atoms with E-state index >= 15 is 0 Å². The molecule has 0 bridgehead atoms. The lowest BCUT2D eigenvalue weighted by atomic mass is 10.3. The van der Waals surface area contributed by atoms with Gasteiger partial charge in [-0.2, -0.15) is 0 Å². The van der Waals surface area contributed by atoms with Crippen molar-refractivity contribution in [3.8, 4) is 0 Å². The topological polar surface area (TPSA) is 28.2 Å². The van der Waals surface area contributed by atoms with Gasteiger partial charge >= 0.3 is 0 Å². The van der Waals surface area contributed by atoms with Crippen LogP contribution in [0, 0.1) is 0 Å². The van der Waals surface area contributed by atoms with Gasteiger partial charge in [-0.05, 0) is 18.7 Å². The van der Waals surface area contributed by atoms with Gasteiger partial charge in [0.1, 0.15) is 5.82 Å². The van der Waals surface area contributed by atoms with Crippen LogP contribution in [0.4, 0.5) is 5.82 Å². The normalized spacial score (nSPS) is 9.94. The zero-order chi connectivity index (χ0) is 12.5. The Morgan fingerprint density at radius 1 is 1.29 bits per heavy atom. The number of hydrogen-bond donors (Lipinski definition) is 1. The highest BCUT2D eigenvalue weighted by molar-refractivity contribution is 5.40. The molecule has 0 aliphatic heterocycles. The summed E-state index contributed by atoms with van der Waals surface area (Å²) < 4.78 is 0. The third-order valence-electron chi connectivity index (χ3n) is 2.37. The van der Waals surface area contributed by atoms with E-state index in [0.717, 1.165) is 37.7 Å². The second-order valence-corrected chi connectivity index (χ2v) is 3.75. The molecule has 0 aromatic carbocycles. The monoisotopic (exact) mass is 231 g/mol. The summed E-state index contributed by atoms with van der Waals surface area (Å²) in [6.45, 7) is 12.9. The van der Waals surface area contributed by atoms with E-state index in [9.17, 15) is 0 Å². The molecule has 0 atom stereocenters. The Morgan fingerprint density at radius 2 is 2.00 bits per heavy atom. The molecule has 0 unspecified atom stereocenters. The third kappa shape index (κ3) is 4.41. The molecule has 92 valence electrons. The highest BCUT2D eigenvalue weighted by Gasteiger charge is 2.04. The average Bonchev–Trinajstić information content (AvgIpc) is 2.36. The second kappa shape index (κ2) is 7.63. The minimum Gasteiger partial charge on any atom is -0.349 e. The van der Waals surface area contributed by atoms with Gasteiger partial charge in [0.2, 0.25) is 0 Å². The van der Waals surface area contributed by atoms with Crippen molar-refractivity contribution in [1.82, 2.24) is 10.3 Å². The van der Waals surface area contributed by atoms with E-state index in [1.807, 2.05) is 30.4 Å².